The molecule has 0 aliphatic carbocycles. The van der Waals surface area contributed by atoms with Crippen LogP contribution in [-0.4, -0.2) is 18.3 Å². The van der Waals surface area contributed by atoms with Crippen molar-refractivity contribution >= 4 is 29.0 Å². The highest BCUT2D eigenvalue weighted by molar-refractivity contribution is 6.32. The molecule has 0 aromatic heterocycles. The highest BCUT2D eigenvalue weighted by atomic mass is 35.5. The number of carbonyl (C=O) groups excluding carboxylic acids is 2. The molecule has 2 aromatic carbocycles. The second-order valence-corrected chi connectivity index (χ2v) is 4.95. The van der Waals surface area contributed by atoms with E-state index >= 15 is 0 Å². The minimum Gasteiger partial charge on any atom is -0.482 e. The van der Waals surface area contributed by atoms with Gasteiger partial charge in [-0.1, -0.05) is 11.6 Å². The molecule has 0 heterocycles. The number of Topliss-reactive ketones (excluding diaryl/α,β-unsaturated/α-hetero) is 1. The summed E-state index contributed by atoms with van der Waals surface area (Å²) in [6.45, 7) is 1.20. The molecule has 1 N–H and O–H groups in total. The highest BCUT2D eigenvalue weighted by Crippen LogP contribution is 2.24. The van der Waals surface area contributed by atoms with Crippen LogP contribution in [0.5, 0.6) is 5.75 Å². The standard InChI is InChI=1S/C16H13ClFNO3/c1-10(20)11-2-5-13(6-3-11)19-16(21)9-22-15-7-4-12(18)8-14(15)17/h2-8H,9H2,1H3,(H,19,21). The van der Waals surface area contributed by atoms with E-state index in [1.165, 1.54) is 19.1 Å². The third-order valence-electron chi connectivity index (χ3n) is 2.83. The minimum absolute atomic E-state index is 0.0489. The molecule has 0 bridgehead atoms. The van der Waals surface area contributed by atoms with Crippen molar-refractivity contribution in [1.82, 2.24) is 0 Å². The lowest BCUT2D eigenvalue weighted by molar-refractivity contribution is -0.118. The number of nitrogens with one attached hydrogen (secondary N) is 1. The van der Waals surface area contributed by atoms with Gasteiger partial charge in [0.1, 0.15) is 11.6 Å². The number of ketones is 1. The number of carbonyl (C=O) groups is 2. The van der Waals surface area contributed by atoms with Crippen LogP contribution in [0.4, 0.5) is 10.1 Å². The molecule has 4 nitrogen and oxygen atoms in total. The maximum atomic E-state index is 12.9. The van der Waals surface area contributed by atoms with Gasteiger partial charge in [0.25, 0.3) is 5.91 Å². The Morgan fingerprint density at radius 3 is 2.45 bits per heavy atom. The highest BCUT2D eigenvalue weighted by Gasteiger charge is 2.08. The van der Waals surface area contributed by atoms with Gasteiger partial charge in [-0.2, -0.15) is 0 Å². The van der Waals surface area contributed by atoms with E-state index in [0.29, 0.717) is 11.3 Å². The first-order chi connectivity index (χ1) is 10.5. The number of hydrogen-bond acceptors (Lipinski definition) is 3. The summed E-state index contributed by atoms with van der Waals surface area (Å²) in [4.78, 5) is 22.9. The second kappa shape index (κ2) is 7.04. The molecule has 0 fully saturated rings. The quantitative estimate of drug-likeness (QED) is 0.854. The Labute approximate surface area is 131 Å². The smallest absolute Gasteiger partial charge is 0.262 e. The summed E-state index contributed by atoms with van der Waals surface area (Å²) in [5.74, 6) is -0.694. The van der Waals surface area contributed by atoms with Gasteiger partial charge in [-0.25, -0.2) is 4.39 Å². The van der Waals surface area contributed by atoms with Crippen LogP contribution in [-0.2, 0) is 4.79 Å². The maximum absolute atomic E-state index is 12.9. The Morgan fingerprint density at radius 2 is 1.86 bits per heavy atom. The molecule has 0 aliphatic heterocycles. The number of benzene rings is 2. The zero-order valence-electron chi connectivity index (χ0n) is 11.7. The van der Waals surface area contributed by atoms with E-state index in [1.54, 1.807) is 24.3 Å². The zero-order chi connectivity index (χ0) is 16.1. The molecule has 2 aromatic rings. The Bertz CT molecular complexity index is 701. The van der Waals surface area contributed by atoms with E-state index in [1.807, 2.05) is 0 Å². The number of hydrogen-bond donors (Lipinski definition) is 1. The molecule has 6 heteroatoms. The van der Waals surface area contributed by atoms with Gasteiger partial charge >= 0.3 is 0 Å². The molecule has 0 atom stereocenters. The van der Waals surface area contributed by atoms with Crippen LogP contribution in [0.2, 0.25) is 5.02 Å². The lowest BCUT2D eigenvalue weighted by Gasteiger charge is -2.09. The lowest BCUT2D eigenvalue weighted by Crippen LogP contribution is -2.20. The van der Waals surface area contributed by atoms with E-state index < -0.39 is 11.7 Å². The largest absolute Gasteiger partial charge is 0.482 e. The summed E-state index contributed by atoms with van der Waals surface area (Å²) >= 11 is 5.79. The number of anilines is 1. The Balaban J connectivity index is 1.91. The normalized spacial score (nSPS) is 10.1. The molecular formula is C16H13ClFNO3. The number of rotatable bonds is 5. The molecule has 1 amide bonds. The zero-order valence-corrected chi connectivity index (χ0v) is 12.5. The molecule has 2 rings (SSSR count). The van der Waals surface area contributed by atoms with Crippen molar-refractivity contribution in [2.24, 2.45) is 0 Å². The summed E-state index contributed by atoms with van der Waals surface area (Å²) < 4.78 is 18.1. The first-order valence-electron chi connectivity index (χ1n) is 6.44. The van der Waals surface area contributed by atoms with Crippen LogP contribution in [0.15, 0.2) is 42.5 Å². The van der Waals surface area contributed by atoms with Gasteiger partial charge in [0, 0.05) is 11.3 Å². The Hall–Kier alpha value is -2.40. The van der Waals surface area contributed by atoms with Crippen molar-refractivity contribution in [3.05, 3.63) is 58.9 Å². The van der Waals surface area contributed by atoms with Crippen LogP contribution < -0.4 is 10.1 Å². The predicted molar refractivity (Wildman–Crippen MR) is 82.0 cm³/mol. The molecule has 0 saturated heterocycles. The predicted octanol–water partition coefficient (Wildman–Crippen LogP) is 3.70. The van der Waals surface area contributed by atoms with Gasteiger partial charge in [0.05, 0.1) is 5.02 Å². The summed E-state index contributed by atoms with van der Waals surface area (Å²) in [5.41, 5.74) is 1.11. The van der Waals surface area contributed by atoms with E-state index in [0.717, 1.165) is 6.07 Å². The third kappa shape index (κ3) is 4.30. The van der Waals surface area contributed by atoms with Crippen molar-refractivity contribution in [3.8, 4) is 5.75 Å². The molecule has 0 spiro atoms. The van der Waals surface area contributed by atoms with Crippen molar-refractivity contribution in [3.63, 3.8) is 0 Å². The number of halogens is 2. The number of ether oxygens (including phenoxy) is 1. The summed E-state index contributed by atoms with van der Waals surface area (Å²) in [7, 11) is 0. The maximum Gasteiger partial charge on any atom is 0.262 e. The average Bonchev–Trinajstić information content (AvgIpc) is 2.47. The average molecular weight is 322 g/mol. The van der Waals surface area contributed by atoms with Crippen LogP contribution in [0, 0.1) is 5.82 Å². The van der Waals surface area contributed by atoms with Crippen molar-refractivity contribution < 1.29 is 18.7 Å². The molecule has 0 saturated carbocycles. The SMILES string of the molecule is CC(=O)c1ccc(NC(=O)COc2ccc(F)cc2Cl)cc1. The van der Waals surface area contributed by atoms with Crippen molar-refractivity contribution in [2.75, 3.05) is 11.9 Å². The first-order valence-corrected chi connectivity index (χ1v) is 6.82. The molecule has 114 valence electrons. The van der Waals surface area contributed by atoms with E-state index in [2.05, 4.69) is 5.32 Å². The fraction of sp³-hybridized carbons (Fsp3) is 0.125. The second-order valence-electron chi connectivity index (χ2n) is 4.55. The van der Waals surface area contributed by atoms with Crippen molar-refractivity contribution in [2.45, 2.75) is 6.92 Å². The van der Waals surface area contributed by atoms with Gasteiger partial charge in [0.2, 0.25) is 0 Å². The molecule has 0 unspecified atom stereocenters. The van der Waals surface area contributed by atoms with Gasteiger partial charge in [0.15, 0.2) is 12.4 Å². The van der Waals surface area contributed by atoms with Crippen LogP contribution in [0.25, 0.3) is 0 Å². The molecule has 22 heavy (non-hydrogen) atoms. The van der Waals surface area contributed by atoms with Crippen LogP contribution in [0.1, 0.15) is 17.3 Å². The monoisotopic (exact) mass is 321 g/mol. The first kappa shape index (κ1) is 16.0. The molecule has 0 radical (unpaired) electrons. The lowest BCUT2D eigenvalue weighted by atomic mass is 10.1. The van der Waals surface area contributed by atoms with E-state index in [4.69, 9.17) is 16.3 Å². The van der Waals surface area contributed by atoms with Crippen molar-refractivity contribution in [1.29, 1.82) is 0 Å². The van der Waals surface area contributed by atoms with Crippen LogP contribution in [0.3, 0.4) is 0 Å². The van der Waals surface area contributed by atoms with Crippen LogP contribution >= 0.6 is 11.6 Å². The van der Waals surface area contributed by atoms with E-state index in [9.17, 15) is 14.0 Å². The van der Waals surface area contributed by atoms with Gasteiger partial charge in [-0.15, -0.1) is 0 Å². The summed E-state index contributed by atoms with van der Waals surface area (Å²) in [6.07, 6.45) is 0. The fourth-order valence-corrected chi connectivity index (χ4v) is 1.94. The summed E-state index contributed by atoms with van der Waals surface area (Å²) in [5, 5.41) is 2.71. The molecular weight excluding hydrogens is 309 g/mol. The minimum atomic E-state index is -0.479. The topological polar surface area (TPSA) is 55.4 Å². The Morgan fingerprint density at radius 1 is 1.18 bits per heavy atom. The fourth-order valence-electron chi connectivity index (χ4n) is 1.72. The van der Waals surface area contributed by atoms with Gasteiger partial charge in [-0.05, 0) is 49.4 Å². The molecule has 0 aliphatic rings. The number of amides is 1. The third-order valence-corrected chi connectivity index (χ3v) is 3.12. The summed E-state index contributed by atoms with van der Waals surface area (Å²) in [6, 6.07) is 10.1. The van der Waals surface area contributed by atoms with E-state index in [-0.39, 0.29) is 23.2 Å². The van der Waals surface area contributed by atoms with Gasteiger partial charge in [-0.3, -0.25) is 9.59 Å². The van der Waals surface area contributed by atoms with Gasteiger partial charge < -0.3 is 10.1 Å². The Kier molecular flexibility index (Phi) is 5.12.